The highest BCUT2D eigenvalue weighted by Gasteiger charge is 2.23. The van der Waals surface area contributed by atoms with Crippen molar-refractivity contribution < 1.29 is 9.84 Å². The Hall–Kier alpha value is -0.860. The van der Waals surface area contributed by atoms with Crippen molar-refractivity contribution in [2.75, 3.05) is 13.7 Å². The predicted octanol–water partition coefficient (Wildman–Crippen LogP) is 2.43. The van der Waals surface area contributed by atoms with Gasteiger partial charge in [-0.1, -0.05) is 44.2 Å². The molecule has 0 amide bonds. The highest BCUT2D eigenvalue weighted by Crippen LogP contribution is 2.27. The van der Waals surface area contributed by atoms with Crippen LogP contribution in [-0.4, -0.2) is 24.9 Å². The molecule has 0 heterocycles. The zero-order valence-corrected chi connectivity index (χ0v) is 9.68. The van der Waals surface area contributed by atoms with E-state index < -0.39 is 6.10 Å². The number of hydrogen-bond acceptors (Lipinski definition) is 2. The normalized spacial score (nSPS) is 15.3. The van der Waals surface area contributed by atoms with Gasteiger partial charge in [0, 0.05) is 13.0 Å². The van der Waals surface area contributed by atoms with Crippen molar-refractivity contribution in [3.05, 3.63) is 35.9 Å². The average Bonchev–Trinajstić information content (AvgIpc) is 2.19. The topological polar surface area (TPSA) is 29.5 Å². The van der Waals surface area contributed by atoms with Gasteiger partial charge in [-0.25, -0.2) is 0 Å². The van der Waals surface area contributed by atoms with Crippen LogP contribution in [0.5, 0.6) is 0 Å². The maximum atomic E-state index is 10.0. The van der Waals surface area contributed by atoms with Crippen molar-refractivity contribution >= 4 is 0 Å². The second-order valence-electron chi connectivity index (χ2n) is 4.20. The molecule has 1 N–H and O–H groups in total. The summed E-state index contributed by atoms with van der Waals surface area (Å²) in [5.74, 6) is 0.545. The van der Waals surface area contributed by atoms with Gasteiger partial charge in [-0.15, -0.1) is 0 Å². The fourth-order valence-electron chi connectivity index (χ4n) is 2.00. The Kier molecular flexibility index (Phi) is 4.79. The summed E-state index contributed by atoms with van der Waals surface area (Å²) in [5.41, 5.74) is 1.18. The minimum absolute atomic E-state index is 0.145. The average molecular weight is 208 g/mol. The summed E-state index contributed by atoms with van der Waals surface area (Å²) in [4.78, 5) is 0. The third kappa shape index (κ3) is 3.33. The molecule has 0 aliphatic rings. The second-order valence-corrected chi connectivity index (χ2v) is 4.20. The van der Waals surface area contributed by atoms with Crippen LogP contribution in [-0.2, 0) is 4.74 Å². The molecule has 1 aromatic carbocycles. The molecule has 0 radical (unpaired) electrons. The molecule has 2 atom stereocenters. The molecule has 0 spiro atoms. The van der Waals surface area contributed by atoms with E-state index in [4.69, 9.17) is 4.74 Å². The first-order chi connectivity index (χ1) is 7.16. The molecule has 0 fully saturated rings. The van der Waals surface area contributed by atoms with Crippen molar-refractivity contribution in [3.8, 4) is 0 Å². The lowest BCUT2D eigenvalue weighted by Gasteiger charge is -2.26. The van der Waals surface area contributed by atoms with Crippen molar-refractivity contribution in [3.63, 3.8) is 0 Å². The Morgan fingerprint density at radius 3 is 2.27 bits per heavy atom. The lowest BCUT2D eigenvalue weighted by Crippen LogP contribution is -2.27. The van der Waals surface area contributed by atoms with Crippen LogP contribution in [0.25, 0.3) is 0 Å². The number of ether oxygens (including phenoxy) is 1. The Labute approximate surface area is 91.9 Å². The molecular weight excluding hydrogens is 188 g/mol. The van der Waals surface area contributed by atoms with E-state index in [2.05, 4.69) is 26.0 Å². The van der Waals surface area contributed by atoms with E-state index in [9.17, 15) is 5.11 Å². The van der Waals surface area contributed by atoms with Crippen LogP contribution in [0, 0.1) is 5.92 Å². The van der Waals surface area contributed by atoms with Crippen molar-refractivity contribution in [1.82, 2.24) is 0 Å². The minimum atomic E-state index is -0.433. The van der Waals surface area contributed by atoms with Crippen LogP contribution in [0.1, 0.15) is 25.3 Å². The number of aliphatic hydroxyl groups is 1. The van der Waals surface area contributed by atoms with Gasteiger partial charge < -0.3 is 9.84 Å². The fraction of sp³-hybridized carbons (Fsp3) is 0.538. The summed E-state index contributed by atoms with van der Waals surface area (Å²) in [5, 5.41) is 10.0. The first kappa shape index (κ1) is 12.2. The summed E-state index contributed by atoms with van der Waals surface area (Å²) in [6, 6.07) is 10.1. The van der Waals surface area contributed by atoms with Crippen LogP contribution < -0.4 is 0 Å². The molecule has 15 heavy (non-hydrogen) atoms. The summed E-state index contributed by atoms with van der Waals surface area (Å²) in [6.45, 7) is 4.63. The highest BCUT2D eigenvalue weighted by molar-refractivity contribution is 5.21. The quantitative estimate of drug-likeness (QED) is 0.805. The van der Waals surface area contributed by atoms with E-state index in [1.54, 1.807) is 7.11 Å². The number of aliphatic hydroxyl groups excluding tert-OH is 1. The van der Waals surface area contributed by atoms with Crippen LogP contribution in [0.4, 0.5) is 0 Å². The van der Waals surface area contributed by atoms with Crippen LogP contribution >= 0.6 is 0 Å². The third-order valence-corrected chi connectivity index (χ3v) is 2.65. The molecule has 84 valence electrons. The molecule has 0 aromatic heterocycles. The molecule has 0 aliphatic carbocycles. The van der Waals surface area contributed by atoms with Gasteiger partial charge in [0.15, 0.2) is 0 Å². The summed E-state index contributed by atoms with van der Waals surface area (Å²) in [6.07, 6.45) is -0.433. The van der Waals surface area contributed by atoms with E-state index in [1.807, 2.05) is 18.2 Å². The maximum Gasteiger partial charge on any atom is 0.0844 e. The van der Waals surface area contributed by atoms with E-state index in [0.717, 1.165) is 0 Å². The maximum absolute atomic E-state index is 10.0. The van der Waals surface area contributed by atoms with Crippen LogP contribution in [0.15, 0.2) is 30.3 Å². The Bertz CT molecular complexity index is 269. The number of hydrogen-bond donors (Lipinski definition) is 1. The van der Waals surface area contributed by atoms with Gasteiger partial charge in [-0.3, -0.25) is 0 Å². The lowest BCUT2D eigenvalue weighted by atomic mass is 9.84. The molecule has 1 rings (SSSR count). The van der Waals surface area contributed by atoms with Crippen molar-refractivity contribution in [1.29, 1.82) is 0 Å². The van der Waals surface area contributed by atoms with Gasteiger partial charge in [-0.05, 0) is 11.5 Å². The largest absolute Gasteiger partial charge is 0.390 e. The summed E-state index contributed by atoms with van der Waals surface area (Å²) >= 11 is 0. The van der Waals surface area contributed by atoms with Crippen molar-refractivity contribution in [2.45, 2.75) is 25.9 Å². The fourth-order valence-corrected chi connectivity index (χ4v) is 2.00. The number of benzene rings is 1. The van der Waals surface area contributed by atoms with Gasteiger partial charge >= 0.3 is 0 Å². The van der Waals surface area contributed by atoms with E-state index in [-0.39, 0.29) is 5.92 Å². The van der Waals surface area contributed by atoms with E-state index in [1.165, 1.54) is 5.56 Å². The van der Waals surface area contributed by atoms with E-state index in [0.29, 0.717) is 12.5 Å². The SMILES string of the molecule is COCC(O)C(c1ccccc1)C(C)C. The molecule has 2 unspecified atom stereocenters. The number of methoxy groups -OCH3 is 1. The number of rotatable bonds is 5. The molecular formula is C13H20O2. The molecule has 0 saturated carbocycles. The van der Waals surface area contributed by atoms with Gasteiger partial charge in [0.2, 0.25) is 0 Å². The molecule has 0 saturated heterocycles. The van der Waals surface area contributed by atoms with Gasteiger partial charge in [0.25, 0.3) is 0 Å². The smallest absolute Gasteiger partial charge is 0.0844 e. The molecule has 2 nitrogen and oxygen atoms in total. The summed E-state index contributed by atoms with van der Waals surface area (Å²) < 4.78 is 5.01. The highest BCUT2D eigenvalue weighted by atomic mass is 16.5. The predicted molar refractivity (Wildman–Crippen MR) is 61.9 cm³/mol. The zero-order valence-electron chi connectivity index (χ0n) is 9.68. The Morgan fingerprint density at radius 1 is 1.20 bits per heavy atom. The third-order valence-electron chi connectivity index (χ3n) is 2.65. The Balaban J connectivity index is 2.83. The Morgan fingerprint density at radius 2 is 1.80 bits per heavy atom. The second kappa shape index (κ2) is 5.89. The first-order valence-electron chi connectivity index (χ1n) is 5.38. The summed E-state index contributed by atoms with van der Waals surface area (Å²) in [7, 11) is 1.62. The van der Waals surface area contributed by atoms with Crippen LogP contribution in [0.2, 0.25) is 0 Å². The lowest BCUT2D eigenvalue weighted by molar-refractivity contribution is 0.0358. The van der Waals surface area contributed by atoms with E-state index >= 15 is 0 Å². The first-order valence-corrected chi connectivity index (χ1v) is 5.38. The van der Waals surface area contributed by atoms with Gasteiger partial charge in [0.1, 0.15) is 0 Å². The van der Waals surface area contributed by atoms with Crippen LogP contribution in [0.3, 0.4) is 0 Å². The zero-order chi connectivity index (χ0) is 11.3. The van der Waals surface area contributed by atoms with Gasteiger partial charge in [0.05, 0.1) is 12.7 Å². The monoisotopic (exact) mass is 208 g/mol. The van der Waals surface area contributed by atoms with Gasteiger partial charge in [-0.2, -0.15) is 0 Å². The molecule has 2 heteroatoms. The molecule has 0 aliphatic heterocycles. The molecule has 1 aromatic rings. The standard InChI is InChI=1S/C13H20O2/c1-10(2)13(12(14)9-15-3)11-7-5-4-6-8-11/h4-8,10,12-14H,9H2,1-3H3. The minimum Gasteiger partial charge on any atom is -0.390 e. The van der Waals surface area contributed by atoms with Crippen molar-refractivity contribution in [2.24, 2.45) is 5.92 Å². The molecule has 0 bridgehead atoms.